The molecule has 1 aliphatic rings. The molecule has 1 aromatic heterocycles. The summed E-state index contributed by atoms with van der Waals surface area (Å²) < 4.78 is 4.96. The van der Waals surface area contributed by atoms with Crippen LogP contribution in [-0.2, 0) is 4.79 Å². The minimum Gasteiger partial charge on any atom is -0.472 e. The van der Waals surface area contributed by atoms with Crippen LogP contribution in [0.3, 0.4) is 0 Å². The van der Waals surface area contributed by atoms with E-state index in [1.165, 1.54) is 12.5 Å². The Morgan fingerprint density at radius 3 is 2.52 bits per heavy atom. The standard InChI is InChI=1S/C18H28N2O3/c1-13(2)4-5-14(3)19-17(21)15-6-9-20(10-7-15)18(22)16-8-11-23-12-16/h8,11-15H,4-7,9-10H2,1-3H3,(H,19,21). The Hall–Kier alpha value is -1.78. The second-order valence-electron chi connectivity index (χ2n) is 6.96. The van der Waals surface area contributed by atoms with E-state index in [1.54, 1.807) is 11.0 Å². The van der Waals surface area contributed by atoms with Crippen molar-refractivity contribution < 1.29 is 14.0 Å². The molecule has 2 amide bonds. The van der Waals surface area contributed by atoms with Crippen molar-refractivity contribution in [3.05, 3.63) is 24.2 Å². The molecule has 1 fully saturated rings. The van der Waals surface area contributed by atoms with Gasteiger partial charge < -0.3 is 14.6 Å². The number of piperidine rings is 1. The molecule has 0 saturated carbocycles. The first-order valence-corrected chi connectivity index (χ1v) is 8.59. The molecule has 1 N–H and O–H groups in total. The number of nitrogens with one attached hydrogen (secondary N) is 1. The van der Waals surface area contributed by atoms with E-state index in [0.717, 1.165) is 25.7 Å². The highest BCUT2D eigenvalue weighted by molar-refractivity contribution is 5.94. The predicted octanol–water partition coefficient (Wildman–Crippen LogP) is 3.07. The molecular weight excluding hydrogens is 292 g/mol. The third-order valence-corrected chi connectivity index (χ3v) is 4.49. The van der Waals surface area contributed by atoms with Crippen LogP contribution in [0.2, 0.25) is 0 Å². The van der Waals surface area contributed by atoms with Crippen LogP contribution in [0.15, 0.2) is 23.0 Å². The summed E-state index contributed by atoms with van der Waals surface area (Å²) in [6, 6.07) is 1.90. The number of carbonyl (C=O) groups is 2. The molecule has 23 heavy (non-hydrogen) atoms. The van der Waals surface area contributed by atoms with Gasteiger partial charge in [-0.25, -0.2) is 0 Å². The van der Waals surface area contributed by atoms with Crippen LogP contribution >= 0.6 is 0 Å². The van der Waals surface area contributed by atoms with Crippen LogP contribution in [0.5, 0.6) is 0 Å². The molecule has 1 aromatic rings. The van der Waals surface area contributed by atoms with E-state index < -0.39 is 0 Å². The van der Waals surface area contributed by atoms with Gasteiger partial charge in [-0.3, -0.25) is 9.59 Å². The maximum atomic E-state index is 12.3. The van der Waals surface area contributed by atoms with Crippen LogP contribution in [0.4, 0.5) is 0 Å². The highest BCUT2D eigenvalue weighted by atomic mass is 16.3. The predicted molar refractivity (Wildman–Crippen MR) is 89.0 cm³/mol. The zero-order valence-electron chi connectivity index (χ0n) is 14.4. The summed E-state index contributed by atoms with van der Waals surface area (Å²) in [5.41, 5.74) is 0.579. The third-order valence-electron chi connectivity index (χ3n) is 4.49. The number of carbonyl (C=O) groups excluding carboxylic acids is 2. The molecule has 5 nitrogen and oxygen atoms in total. The minimum absolute atomic E-state index is 0.0112. The van der Waals surface area contributed by atoms with Crippen LogP contribution in [0, 0.1) is 11.8 Å². The molecule has 2 rings (SSSR count). The van der Waals surface area contributed by atoms with Gasteiger partial charge in [0.2, 0.25) is 5.91 Å². The van der Waals surface area contributed by atoms with Gasteiger partial charge in [0, 0.05) is 25.0 Å². The normalized spacial score (nSPS) is 17.3. The summed E-state index contributed by atoms with van der Waals surface area (Å²) in [6.45, 7) is 7.71. The topological polar surface area (TPSA) is 62.6 Å². The monoisotopic (exact) mass is 320 g/mol. The van der Waals surface area contributed by atoms with Gasteiger partial charge in [0.1, 0.15) is 6.26 Å². The molecule has 5 heteroatoms. The summed E-state index contributed by atoms with van der Waals surface area (Å²) in [5.74, 6) is 0.802. The van der Waals surface area contributed by atoms with Crippen molar-refractivity contribution in [2.45, 2.75) is 52.5 Å². The largest absolute Gasteiger partial charge is 0.472 e. The van der Waals surface area contributed by atoms with Gasteiger partial charge in [-0.05, 0) is 44.6 Å². The lowest BCUT2D eigenvalue weighted by atomic mass is 9.94. The summed E-state index contributed by atoms with van der Waals surface area (Å²) in [6.07, 6.45) is 6.57. The van der Waals surface area contributed by atoms with Gasteiger partial charge in [0.15, 0.2) is 0 Å². The van der Waals surface area contributed by atoms with Crippen molar-refractivity contribution in [1.82, 2.24) is 10.2 Å². The molecule has 1 saturated heterocycles. The summed E-state index contributed by atoms with van der Waals surface area (Å²) in [4.78, 5) is 26.4. The Kier molecular flexibility index (Phi) is 6.25. The lowest BCUT2D eigenvalue weighted by molar-refractivity contribution is -0.127. The number of hydrogen-bond donors (Lipinski definition) is 1. The molecule has 128 valence electrons. The summed E-state index contributed by atoms with van der Waals surface area (Å²) in [7, 11) is 0. The van der Waals surface area contributed by atoms with Gasteiger partial charge in [-0.1, -0.05) is 13.8 Å². The van der Waals surface area contributed by atoms with E-state index in [0.29, 0.717) is 24.6 Å². The van der Waals surface area contributed by atoms with Crippen molar-refractivity contribution in [2.24, 2.45) is 11.8 Å². The van der Waals surface area contributed by atoms with Crippen molar-refractivity contribution in [3.8, 4) is 0 Å². The fourth-order valence-electron chi connectivity index (χ4n) is 2.93. The number of rotatable bonds is 6. The Morgan fingerprint density at radius 2 is 1.96 bits per heavy atom. The number of likely N-dealkylation sites (tertiary alicyclic amines) is 1. The highest BCUT2D eigenvalue weighted by Gasteiger charge is 2.28. The first-order valence-electron chi connectivity index (χ1n) is 8.59. The second-order valence-corrected chi connectivity index (χ2v) is 6.96. The molecule has 0 radical (unpaired) electrons. The Bertz CT molecular complexity index is 502. The zero-order valence-corrected chi connectivity index (χ0v) is 14.4. The lowest BCUT2D eigenvalue weighted by Gasteiger charge is -2.31. The Labute approximate surface area is 138 Å². The molecule has 0 aliphatic carbocycles. The molecule has 1 atom stereocenters. The van der Waals surface area contributed by atoms with E-state index in [4.69, 9.17) is 4.42 Å². The fraction of sp³-hybridized carbons (Fsp3) is 0.667. The van der Waals surface area contributed by atoms with Crippen molar-refractivity contribution in [1.29, 1.82) is 0 Å². The van der Waals surface area contributed by atoms with Gasteiger partial charge in [-0.15, -0.1) is 0 Å². The number of furan rings is 1. The molecule has 1 unspecified atom stereocenters. The minimum atomic E-state index is -0.0112. The van der Waals surface area contributed by atoms with E-state index >= 15 is 0 Å². The zero-order chi connectivity index (χ0) is 16.8. The maximum absolute atomic E-state index is 12.3. The van der Waals surface area contributed by atoms with Gasteiger partial charge in [0.25, 0.3) is 5.91 Å². The van der Waals surface area contributed by atoms with E-state index in [9.17, 15) is 9.59 Å². The van der Waals surface area contributed by atoms with Gasteiger partial charge >= 0.3 is 0 Å². The molecule has 0 aromatic carbocycles. The average molecular weight is 320 g/mol. The first kappa shape index (κ1) is 17.6. The summed E-state index contributed by atoms with van der Waals surface area (Å²) in [5, 5.41) is 3.12. The highest BCUT2D eigenvalue weighted by Crippen LogP contribution is 2.20. The second kappa shape index (κ2) is 8.18. The van der Waals surface area contributed by atoms with Crippen molar-refractivity contribution in [2.75, 3.05) is 13.1 Å². The van der Waals surface area contributed by atoms with Crippen LogP contribution in [0.1, 0.15) is 56.8 Å². The molecule has 2 heterocycles. The van der Waals surface area contributed by atoms with Crippen LogP contribution in [0.25, 0.3) is 0 Å². The fourth-order valence-corrected chi connectivity index (χ4v) is 2.93. The Balaban J connectivity index is 1.75. The Morgan fingerprint density at radius 1 is 1.26 bits per heavy atom. The van der Waals surface area contributed by atoms with Gasteiger partial charge in [0.05, 0.1) is 11.8 Å². The number of amides is 2. The van der Waals surface area contributed by atoms with Crippen molar-refractivity contribution >= 4 is 11.8 Å². The third kappa shape index (κ3) is 5.12. The van der Waals surface area contributed by atoms with Gasteiger partial charge in [-0.2, -0.15) is 0 Å². The smallest absolute Gasteiger partial charge is 0.257 e. The van der Waals surface area contributed by atoms with Crippen molar-refractivity contribution in [3.63, 3.8) is 0 Å². The van der Waals surface area contributed by atoms with E-state index in [-0.39, 0.29) is 23.8 Å². The quantitative estimate of drug-likeness (QED) is 0.876. The van der Waals surface area contributed by atoms with E-state index in [2.05, 4.69) is 26.1 Å². The molecular formula is C18H28N2O3. The average Bonchev–Trinajstić information content (AvgIpc) is 3.06. The lowest BCUT2D eigenvalue weighted by Crippen LogP contribution is -2.44. The molecule has 0 spiro atoms. The van der Waals surface area contributed by atoms with Crippen LogP contribution < -0.4 is 5.32 Å². The first-order chi connectivity index (χ1) is 11.0. The number of hydrogen-bond acceptors (Lipinski definition) is 3. The summed E-state index contributed by atoms with van der Waals surface area (Å²) >= 11 is 0. The van der Waals surface area contributed by atoms with Crippen LogP contribution in [-0.4, -0.2) is 35.8 Å². The molecule has 0 bridgehead atoms. The maximum Gasteiger partial charge on any atom is 0.257 e. The van der Waals surface area contributed by atoms with E-state index in [1.807, 2.05) is 0 Å². The number of nitrogens with zero attached hydrogens (tertiary/aromatic N) is 1. The SMILES string of the molecule is CC(C)CCC(C)NC(=O)C1CCN(C(=O)c2ccoc2)CC1. The molecule has 1 aliphatic heterocycles.